The lowest BCUT2D eigenvalue weighted by molar-refractivity contribution is -0.338. The van der Waals surface area contributed by atoms with Crippen molar-refractivity contribution in [2.45, 2.75) is 66.8 Å². The lowest BCUT2D eigenvalue weighted by atomic mass is 9.96. The van der Waals surface area contributed by atoms with Gasteiger partial charge in [-0.15, -0.1) is 0 Å². The second kappa shape index (κ2) is 10.9. The van der Waals surface area contributed by atoms with Crippen LogP contribution in [0.2, 0.25) is 0 Å². The van der Waals surface area contributed by atoms with Gasteiger partial charge >= 0.3 is 26.7 Å². The Morgan fingerprint density at radius 1 is 0.861 bits per heavy atom. The first-order valence-corrected chi connectivity index (χ1v) is 13.4. The topological polar surface area (TPSA) is 351 Å². The zero-order valence-corrected chi connectivity index (χ0v) is 19.5. The Kier molecular flexibility index (Phi) is 9.38. The molecule has 0 aromatic heterocycles. The maximum atomic E-state index is 11.4. The molecule has 21 nitrogen and oxygen atoms in total. The molecule has 2 rings (SSSR count). The molecular weight excluding hydrogens is 574 g/mol. The Morgan fingerprint density at radius 2 is 1.42 bits per heavy atom. The van der Waals surface area contributed by atoms with Gasteiger partial charge in [-0.2, -0.15) is 30.0 Å². The number of carboxylic acid groups (broad SMARTS) is 1. The molecule has 0 aliphatic carbocycles. The van der Waals surface area contributed by atoms with E-state index in [-0.39, 0.29) is 0 Å². The molecule has 0 spiro atoms. The summed E-state index contributed by atoms with van der Waals surface area (Å²) in [5, 5.41) is 59.5. The summed E-state index contributed by atoms with van der Waals surface area (Å²) >= 11 is 0. The highest BCUT2D eigenvalue weighted by Gasteiger charge is 2.56. The fourth-order valence-corrected chi connectivity index (χ4v) is 4.94. The zero-order valence-electron chi connectivity index (χ0n) is 17.1. The van der Waals surface area contributed by atoms with Gasteiger partial charge in [-0.25, -0.2) is 8.98 Å². The second-order valence-electron chi connectivity index (χ2n) is 7.34. The van der Waals surface area contributed by atoms with Crippen LogP contribution in [0.1, 0.15) is 0 Å². The first-order valence-electron chi connectivity index (χ1n) is 9.10. The van der Waals surface area contributed by atoms with Crippen molar-refractivity contribution in [3.05, 3.63) is 0 Å². The first-order chi connectivity index (χ1) is 16.1. The summed E-state index contributed by atoms with van der Waals surface area (Å²) in [7, 11) is -16.3. The average molecular weight is 595 g/mol. The Labute approximate surface area is 201 Å². The lowest BCUT2D eigenvalue weighted by Gasteiger charge is -2.46. The van der Waals surface area contributed by atoms with E-state index in [4.69, 9.17) is 28.2 Å². The van der Waals surface area contributed by atoms with Crippen LogP contribution in [0.15, 0.2) is 0 Å². The molecule has 0 aromatic rings. The van der Waals surface area contributed by atoms with Gasteiger partial charge < -0.3 is 44.8 Å². The molecule has 2 fully saturated rings. The zero-order chi connectivity index (χ0) is 28.0. The average Bonchev–Trinajstić information content (AvgIpc) is 2.69. The van der Waals surface area contributed by atoms with E-state index in [2.05, 4.69) is 8.92 Å². The predicted octanol–water partition coefficient (Wildman–Crippen LogP) is -6.86. The Balaban J connectivity index is 2.54. The van der Waals surface area contributed by atoms with E-state index in [1.54, 1.807) is 0 Å². The number of nitrogens with one attached hydrogen (secondary N) is 1. The summed E-state index contributed by atoms with van der Waals surface area (Å²) < 4.78 is 114. The Bertz CT molecular complexity index is 1120. The summed E-state index contributed by atoms with van der Waals surface area (Å²) in [6.07, 6.45) is -22.8. The highest BCUT2D eigenvalue weighted by molar-refractivity contribution is 7.86. The number of hydrogen-bond acceptors (Lipinski definition) is 16. The molecule has 2 aliphatic rings. The summed E-state index contributed by atoms with van der Waals surface area (Å²) in [6, 6.07) is -2.33. The molecule has 0 amide bonds. The van der Waals surface area contributed by atoms with E-state index in [0.717, 1.165) is 0 Å². The summed E-state index contributed by atoms with van der Waals surface area (Å²) in [6.45, 7) is 0. The van der Waals surface area contributed by atoms with Crippen LogP contribution in [0, 0.1) is 0 Å². The minimum atomic E-state index is -5.52. The van der Waals surface area contributed by atoms with Crippen LogP contribution in [0.25, 0.3) is 0 Å². The number of aliphatic hydroxyl groups excluding tert-OH is 5. The predicted molar refractivity (Wildman–Crippen MR) is 103 cm³/mol. The van der Waals surface area contributed by atoms with Crippen LogP contribution < -0.4 is 4.72 Å². The monoisotopic (exact) mass is 595 g/mol. The van der Waals surface area contributed by atoms with Gasteiger partial charge in [0, 0.05) is 0 Å². The van der Waals surface area contributed by atoms with Gasteiger partial charge in [0.2, 0.25) is 5.44 Å². The van der Waals surface area contributed by atoms with E-state index >= 15 is 0 Å². The molecule has 1 unspecified atom stereocenters. The number of carbonyl (C=O) groups is 1. The van der Waals surface area contributed by atoms with E-state index < -0.39 is 104 Å². The molecule has 0 radical (unpaired) electrons. The molecule has 10 N–H and O–H groups in total. The van der Waals surface area contributed by atoms with Gasteiger partial charge in [0.25, 0.3) is 10.1 Å². The first kappa shape index (κ1) is 31.0. The number of ether oxygens (including phenoxy) is 3. The van der Waals surface area contributed by atoms with Gasteiger partial charge in [0.05, 0.1) is 0 Å². The van der Waals surface area contributed by atoms with Crippen LogP contribution in [0.4, 0.5) is 0 Å². The molecule has 2 heterocycles. The minimum absolute atomic E-state index is 1.25. The molecule has 0 aromatic carbocycles. The molecule has 24 heteroatoms. The largest absolute Gasteiger partial charge is 0.479 e. The number of hydrogen-bond donors (Lipinski definition) is 10. The van der Waals surface area contributed by atoms with Crippen LogP contribution in [-0.2, 0) is 54.0 Å². The minimum Gasteiger partial charge on any atom is -0.479 e. The fraction of sp³-hybridized carbons (Fsp3) is 0.917. The third-order valence-electron chi connectivity index (χ3n) is 4.82. The highest BCUT2D eigenvalue weighted by atomic mass is 32.3. The van der Waals surface area contributed by atoms with Crippen LogP contribution in [0.5, 0.6) is 0 Å². The van der Waals surface area contributed by atoms with Gasteiger partial charge in [0.15, 0.2) is 24.8 Å². The molecular formula is C12H21NO20S3. The van der Waals surface area contributed by atoms with E-state index in [1.165, 1.54) is 4.72 Å². The van der Waals surface area contributed by atoms with Crippen molar-refractivity contribution in [1.82, 2.24) is 4.72 Å². The summed E-state index contributed by atoms with van der Waals surface area (Å²) in [5.74, 6) is -1.99. The number of aliphatic hydroxyl groups is 5. The van der Waals surface area contributed by atoms with Crippen molar-refractivity contribution in [3.63, 3.8) is 0 Å². The highest BCUT2D eigenvalue weighted by Crippen LogP contribution is 2.32. The van der Waals surface area contributed by atoms with Gasteiger partial charge in [-0.05, 0) is 0 Å². The number of rotatable bonds is 9. The Hall–Kier alpha value is -1.20. The smallest absolute Gasteiger partial charge is 0.397 e. The third kappa shape index (κ3) is 7.43. The molecule has 0 bridgehead atoms. The van der Waals surface area contributed by atoms with Crippen molar-refractivity contribution in [1.29, 1.82) is 0 Å². The van der Waals surface area contributed by atoms with Crippen LogP contribution >= 0.6 is 0 Å². The normalized spacial score (nSPS) is 39.4. The maximum absolute atomic E-state index is 11.4. The second-order valence-corrected chi connectivity index (χ2v) is 11.1. The van der Waals surface area contributed by atoms with Gasteiger partial charge in [0.1, 0.15) is 36.6 Å². The van der Waals surface area contributed by atoms with Crippen LogP contribution in [0.3, 0.4) is 0 Å². The quantitative estimate of drug-likeness (QED) is 0.111. The molecule has 2 aliphatic heterocycles. The van der Waals surface area contributed by atoms with Crippen molar-refractivity contribution in [2.75, 3.05) is 0 Å². The van der Waals surface area contributed by atoms with Crippen molar-refractivity contribution in [2.24, 2.45) is 0 Å². The molecule has 212 valence electrons. The van der Waals surface area contributed by atoms with Crippen molar-refractivity contribution < 1.29 is 92.7 Å². The lowest BCUT2D eigenvalue weighted by Crippen LogP contribution is -2.69. The molecule has 36 heavy (non-hydrogen) atoms. The van der Waals surface area contributed by atoms with E-state index in [1.807, 2.05) is 0 Å². The summed E-state index contributed by atoms with van der Waals surface area (Å²) in [4.78, 5) is 11.3. The third-order valence-corrected chi connectivity index (χ3v) is 6.73. The fourth-order valence-electron chi connectivity index (χ4n) is 3.30. The van der Waals surface area contributed by atoms with Gasteiger partial charge in [-0.1, -0.05) is 0 Å². The number of carboxylic acids is 1. The standard InChI is InChI=1S/C12H21NO20S3/c14-2-1(13-35(24,25)26)10(19)30-8(11(20)34(21,22)23)5(2)31-12-7(33-36(27,28)29)4(16)3(15)6(32-12)9(17)18/h1-8,10-16,19-20H,(H,17,18)(H,21,22,23)(H,24,25,26)(H,27,28,29)/t1-,2-,3+,4+,5+,6-,7-,8+,10-,11?,12-/m1/s1. The van der Waals surface area contributed by atoms with Crippen molar-refractivity contribution in [3.8, 4) is 0 Å². The molecule has 0 saturated carbocycles. The SMILES string of the molecule is O=C(O)[C@@H]1O[C@@H](O[C@H]2[C@H](O)[C@@H](NS(=O)(=O)O)[C@H](O)O[C@@H]2C(O)S(=O)(=O)O)[C@H](OS(=O)(=O)O)[C@@H](O)[C@@H]1O. The summed E-state index contributed by atoms with van der Waals surface area (Å²) in [5.41, 5.74) is -3.09. The molecule has 11 atom stereocenters. The van der Waals surface area contributed by atoms with Crippen molar-refractivity contribution >= 4 is 36.8 Å². The Morgan fingerprint density at radius 3 is 1.86 bits per heavy atom. The van der Waals surface area contributed by atoms with Crippen LogP contribution in [-0.4, -0.2) is 142 Å². The number of aliphatic carboxylic acids is 1. The van der Waals surface area contributed by atoms with E-state index in [0.29, 0.717) is 0 Å². The maximum Gasteiger partial charge on any atom is 0.397 e. The van der Waals surface area contributed by atoms with Gasteiger partial charge in [-0.3, -0.25) is 13.7 Å². The molecule has 2 saturated heterocycles. The van der Waals surface area contributed by atoms with E-state index in [9.17, 15) is 55.6 Å².